The van der Waals surface area contributed by atoms with Gasteiger partial charge in [0, 0.05) is 5.75 Å². The Labute approximate surface area is 190 Å². The molecule has 0 aliphatic heterocycles. The number of fused-ring (bicyclic) bond motifs is 3. The first kappa shape index (κ1) is 20.5. The molecule has 5 rings (SSSR count). The summed E-state index contributed by atoms with van der Waals surface area (Å²) in [6.07, 6.45) is 0. The Kier molecular flexibility index (Phi) is 5.98. The number of thioether (sulfide) groups is 1. The van der Waals surface area contributed by atoms with E-state index < -0.39 is 0 Å². The lowest BCUT2D eigenvalue weighted by Gasteiger charge is -2.07. The van der Waals surface area contributed by atoms with E-state index in [9.17, 15) is 0 Å². The third kappa shape index (κ3) is 4.16. The van der Waals surface area contributed by atoms with Crippen molar-refractivity contribution in [2.24, 2.45) is 0 Å². The van der Waals surface area contributed by atoms with Crippen molar-refractivity contribution in [3.8, 4) is 11.5 Å². The highest BCUT2D eigenvalue weighted by atomic mass is 32.2. The molecule has 0 aliphatic carbocycles. The van der Waals surface area contributed by atoms with Gasteiger partial charge >= 0.3 is 0 Å². The Balaban J connectivity index is 1.32. The molecule has 0 radical (unpaired) electrons. The number of nitrogens with zero attached hydrogens (tertiary/aromatic N) is 4. The highest BCUT2D eigenvalue weighted by molar-refractivity contribution is 7.99. The molecule has 0 unspecified atom stereocenters. The van der Waals surface area contributed by atoms with Crippen LogP contribution in [0.2, 0.25) is 0 Å². The molecule has 0 aliphatic rings. The maximum Gasteiger partial charge on any atom is 0.237 e. The predicted molar refractivity (Wildman–Crippen MR) is 128 cm³/mol. The molecule has 7 heteroatoms. The summed E-state index contributed by atoms with van der Waals surface area (Å²) in [5, 5.41) is 9.86. The molecule has 5 aromatic rings. The first-order valence-electron chi connectivity index (χ1n) is 10.7. The average molecular weight is 445 g/mol. The summed E-state index contributed by atoms with van der Waals surface area (Å²) in [4.78, 5) is 0. The van der Waals surface area contributed by atoms with E-state index in [0.717, 1.165) is 45.8 Å². The van der Waals surface area contributed by atoms with Gasteiger partial charge in [0.25, 0.3) is 0 Å². The molecule has 162 valence electrons. The monoisotopic (exact) mass is 444 g/mol. The van der Waals surface area contributed by atoms with Gasteiger partial charge in [0.15, 0.2) is 5.16 Å². The van der Waals surface area contributed by atoms with Crippen molar-refractivity contribution in [2.45, 2.75) is 18.6 Å². The number of imidazole rings is 1. The van der Waals surface area contributed by atoms with E-state index in [1.54, 1.807) is 11.8 Å². The maximum absolute atomic E-state index is 5.88. The number of aromatic nitrogens is 4. The van der Waals surface area contributed by atoms with E-state index in [4.69, 9.17) is 9.47 Å². The molecule has 0 fully saturated rings. The van der Waals surface area contributed by atoms with Crippen molar-refractivity contribution in [3.05, 3.63) is 84.4 Å². The summed E-state index contributed by atoms with van der Waals surface area (Å²) < 4.78 is 15.7. The minimum absolute atomic E-state index is 0.580. The highest BCUT2D eigenvalue weighted by Gasteiger charge is 2.17. The zero-order chi connectivity index (χ0) is 21.8. The first-order chi connectivity index (χ1) is 15.8. The molecule has 0 amide bonds. The van der Waals surface area contributed by atoms with Gasteiger partial charge in [0.1, 0.15) is 11.5 Å². The largest absolute Gasteiger partial charge is 0.494 e. The molecule has 0 spiro atoms. The second-order valence-electron chi connectivity index (χ2n) is 7.28. The number of benzene rings is 3. The van der Waals surface area contributed by atoms with Gasteiger partial charge in [-0.2, -0.15) is 0 Å². The van der Waals surface area contributed by atoms with Gasteiger partial charge < -0.3 is 14.0 Å². The van der Waals surface area contributed by atoms with E-state index in [-0.39, 0.29) is 0 Å². The van der Waals surface area contributed by atoms with Crippen LogP contribution in [-0.4, -0.2) is 38.1 Å². The second kappa shape index (κ2) is 9.36. The van der Waals surface area contributed by atoms with Crippen molar-refractivity contribution >= 4 is 28.6 Å². The third-order valence-corrected chi connectivity index (χ3v) is 6.07. The Hall–Kier alpha value is -3.45. The minimum Gasteiger partial charge on any atom is -0.494 e. The van der Waals surface area contributed by atoms with Crippen LogP contribution in [0, 0.1) is 0 Å². The Morgan fingerprint density at radius 3 is 2.22 bits per heavy atom. The molecule has 32 heavy (non-hydrogen) atoms. The SMILES string of the molecule is CCOc1ccc(OCCSc2nnc3n(Cc4ccccc4)c4ccccc4n23)cc1. The van der Waals surface area contributed by atoms with Crippen molar-refractivity contribution in [2.75, 3.05) is 19.0 Å². The summed E-state index contributed by atoms with van der Waals surface area (Å²) in [7, 11) is 0. The van der Waals surface area contributed by atoms with Gasteiger partial charge in [-0.05, 0) is 48.9 Å². The van der Waals surface area contributed by atoms with Crippen LogP contribution in [-0.2, 0) is 6.54 Å². The number of ether oxygens (including phenoxy) is 2. The van der Waals surface area contributed by atoms with Crippen LogP contribution in [0.25, 0.3) is 16.8 Å². The number of hydrogen-bond donors (Lipinski definition) is 0. The average Bonchev–Trinajstić information content (AvgIpc) is 3.38. The standard InChI is InChI=1S/C25H24N4O2S/c1-2-30-20-12-14-21(15-13-20)31-16-17-32-25-27-26-24-28(18-19-8-4-3-5-9-19)22-10-6-7-11-23(22)29(24)25/h3-15H,2,16-18H2,1H3. The van der Waals surface area contributed by atoms with Gasteiger partial charge in [-0.3, -0.25) is 4.40 Å². The van der Waals surface area contributed by atoms with E-state index in [1.165, 1.54) is 5.56 Å². The lowest BCUT2D eigenvalue weighted by molar-refractivity contribution is 0.332. The molecule has 0 saturated heterocycles. The summed E-state index contributed by atoms with van der Waals surface area (Å²) in [6.45, 7) is 3.96. The van der Waals surface area contributed by atoms with Crippen LogP contribution in [0.15, 0.2) is 84.0 Å². The van der Waals surface area contributed by atoms with Gasteiger partial charge in [-0.15, -0.1) is 10.2 Å². The van der Waals surface area contributed by atoms with Crippen molar-refractivity contribution in [1.82, 2.24) is 19.2 Å². The van der Waals surface area contributed by atoms with E-state index in [2.05, 4.69) is 67.7 Å². The molecular formula is C25H24N4O2S. The molecule has 2 aromatic heterocycles. The van der Waals surface area contributed by atoms with Crippen LogP contribution in [0.5, 0.6) is 11.5 Å². The van der Waals surface area contributed by atoms with Gasteiger partial charge in [-0.25, -0.2) is 0 Å². The van der Waals surface area contributed by atoms with Crippen molar-refractivity contribution < 1.29 is 9.47 Å². The van der Waals surface area contributed by atoms with Crippen LogP contribution >= 0.6 is 11.8 Å². The van der Waals surface area contributed by atoms with Crippen LogP contribution in [0.4, 0.5) is 0 Å². The number of rotatable bonds is 9. The molecule has 0 bridgehead atoms. The predicted octanol–water partition coefficient (Wildman–Crippen LogP) is 5.30. The van der Waals surface area contributed by atoms with Gasteiger partial charge in [0.2, 0.25) is 5.78 Å². The fraction of sp³-hybridized carbons (Fsp3) is 0.200. The fourth-order valence-corrected chi connectivity index (χ4v) is 4.50. The van der Waals surface area contributed by atoms with Gasteiger partial charge in [0.05, 0.1) is 30.8 Å². The lowest BCUT2D eigenvalue weighted by Crippen LogP contribution is -2.01. The van der Waals surface area contributed by atoms with E-state index >= 15 is 0 Å². The van der Waals surface area contributed by atoms with Crippen LogP contribution in [0.3, 0.4) is 0 Å². The first-order valence-corrected chi connectivity index (χ1v) is 11.7. The normalized spacial score (nSPS) is 11.3. The fourth-order valence-electron chi connectivity index (χ4n) is 3.74. The molecule has 0 N–H and O–H groups in total. The van der Waals surface area contributed by atoms with Crippen molar-refractivity contribution in [1.29, 1.82) is 0 Å². The summed E-state index contributed by atoms with van der Waals surface area (Å²) in [6, 6.07) is 26.5. The minimum atomic E-state index is 0.580. The topological polar surface area (TPSA) is 53.6 Å². The Morgan fingerprint density at radius 2 is 1.47 bits per heavy atom. The van der Waals surface area contributed by atoms with Crippen LogP contribution in [0.1, 0.15) is 12.5 Å². The zero-order valence-corrected chi connectivity index (χ0v) is 18.7. The molecular weight excluding hydrogens is 420 g/mol. The number of hydrogen-bond acceptors (Lipinski definition) is 5. The molecule has 2 heterocycles. The van der Waals surface area contributed by atoms with Crippen molar-refractivity contribution in [3.63, 3.8) is 0 Å². The molecule has 0 atom stereocenters. The quantitative estimate of drug-likeness (QED) is 0.228. The van der Waals surface area contributed by atoms with E-state index in [0.29, 0.717) is 13.2 Å². The zero-order valence-electron chi connectivity index (χ0n) is 17.8. The second-order valence-corrected chi connectivity index (χ2v) is 8.34. The third-order valence-electron chi connectivity index (χ3n) is 5.17. The molecule has 6 nitrogen and oxygen atoms in total. The summed E-state index contributed by atoms with van der Waals surface area (Å²) in [5.41, 5.74) is 3.49. The summed E-state index contributed by atoms with van der Waals surface area (Å²) in [5.74, 6) is 3.31. The molecule has 0 saturated carbocycles. The Bertz CT molecular complexity index is 1310. The smallest absolute Gasteiger partial charge is 0.237 e. The maximum atomic E-state index is 5.88. The Morgan fingerprint density at radius 1 is 0.781 bits per heavy atom. The number of para-hydroxylation sites is 2. The lowest BCUT2D eigenvalue weighted by atomic mass is 10.2. The summed E-state index contributed by atoms with van der Waals surface area (Å²) >= 11 is 1.65. The highest BCUT2D eigenvalue weighted by Crippen LogP contribution is 2.27. The van der Waals surface area contributed by atoms with Gasteiger partial charge in [-0.1, -0.05) is 54.2 Å². The molecule has 3 aromatic carbocycles. The van der Waals surface area contributed by atoms with Crippen LogP contribution < -0.4 is 9.47 Å². The van der Waals surface area contributed by atoms with E-state index in [1.807, 2.05) is 37.3 Å².